The van der Waals surface area contributed by atoms with Gasteiger partial charge >= 0.3 is 0 Å². The van der Waals surface area contributed by atoms with Crippen molar-refractivity contribution in [2.24, 2.45) is 4.99 Å². The first-order valence-electron chi connectivity index (χ1n) is 9.48. The summed E-state index contributed by atoms with van der Waals surface area (Å²) in [7, 11) is 0.623. The van der Waals surface area contributed by atoms with Gasteiger partial charge in [-0.1, -0.05) is 0 Å². The van der Waals surface area contributed by atoms with Crippen molar-refractivity contribution in [3.8, 4) is 0 Å². The van der Waals surface area contributed by atoms with Crippen LogP contribution in [0, 0.1) is 0 Å². The lowest BCUT2D eigenvalue weighted by Crippen LogP contribution is -2.41. The summed E-state index contributed by atoms with van der Waals surface area (Å²) in [5.41, 5.74) is 0. The molecule has 0 saturated carbocycles. The van der Waals surface area contributed by atoms with Crippen molar-refractivity contribution in [2.75, 3.05) is 44.9 Å². The van der Waals surface area contributed by atoms with Crippen LogP contribution >= 0.6 is 23.5 Å². The molecule has 2 N–H and O–H groups in total. The zero-order chi connectivity index (χ0) is 21.8. The number of aliphatic imine (C=N–C) groups is 1. The second kappa shape index (κ2) is 13.0. The van der Waals surface area contributed by atoms with Crippen LogP contribution in [-0.2, 0) is 28.1 Å². The van der Waals surface area contributed by atoms with Crippen LogP contribution in [0.2, 0.25) is 0 Å². The largest absolute Gasteiger partial charge is 0.468 e. The molecule has 2 aromatic heterocycles. The minimum atomic E-state index is -3.39. The zero-order valence-corrected chi connectivity index (χ0v) is 20.0. The molecule has 30 heavy (non-hydrogen) atoms. The van der Waals surface area contributed by atoms with E-state index in [9.17, 15) is 8.42 Å². The van der Waals surface area contributed by atoms with Gasteiger partial charge in [-0.2, -0.15) is 23.5 Å². The van der Waals surface area contributed by atoms with Gasteiger partial charge in [0.1, 0.15) is 17.3 Å². The Morgan fingerprint density at radius 3 is 2.53 bits per heavy atom. The Kier molecular flexibility index (Phi) is 10.7. The summed E-state index contributed by atoms with van der Waals surface area (Å²) in [6.07, 6.45) is 2.77. The molecule has 0 radical (unpaired) electrons. The lowest BCUT2D eigenvalue weighted by molar-refractivity contribution is 0.344. The molecule has 2 rings (SSSR count). The molecule has 0 spiro atoms. The number of furan rings is 2. The van der Waals surface area contributed by atoms with Crippen LogP contribution < -0.4 is 10.0 Å². The predicted molar refractivity (Wildman–Crippen MR) is 125 cm³/mol. The molecule has 0 atom stereocenters. The maximum absolute atomic E-state index is 11.6. The van der Waals surface area contributed by atoms with Gasteiger partial charge in [0, 0.05) is 18.1 Å². The van der Waals surface area contributed by atoms with Gasteiger partial charge in [0.25, 0.3) is 0 Å². The number of nitrogens with one attached hydrogen (secondary N) is 2. The highest BCUT2D eigenvalue weighted by Crippen LogP contribution is 2.16. The number of nitrogens with zero attached hydrogens (tertiary/aromatic N) is 2. The second-order valence-electron chi connectivity index (χ2n) is 6.82. The van der Waals surface area contributed by atoms with Gasteiger partial charge < -0.3 is 19.1 Å². The summed E-state index contributed by atoms with van der Waals surface area (Å²) in [5, 5.41) is 3.07. The number of thioether (sulfide) groups is 2. The first-order chi connectivity index (χ1) is 14.3. The van der Waals surface area contributed by atoms with Gasteiger partial charge in [-0.3, -0.25) is 9.71 Å². The molecule has 0 aromatic carbocycles. The quantitative estimate of drug-likeness (QED) is 0.260. The van der Waals surface area contributed by atoms with E-state index in [4.69, 9.17) is 8.83 Å². The van der Waals surface area contributed by atoms with E-state index in [-0.39, 0.29) is 5.96 Å². The standard InChI is InChI=1S/C19H30N4O4S3/c1-23(2)13-16-6-7-18(27-16)15-29-12-9-21-19(22-30(3,24)25)20-8-11-28-14-17-5-4-10-26-17/h4-7,10H,8-9,11-15H2,1-3H3,(H2,20,21,22). The predicted octanol–water partition coefficient (Wildman–Crippen LogP) is 2.60. The zero-order valence-electron chi connectivity index (χ0n) is 17.6. The Morgan fingerprint density at radius 2 is 1.83 bits per heavy atom. The van der Waals surface area contributed by atoms with Crippen LogP contribution in [-0.4, -0.2) is 64.2 Å². The topological polar surface area (TPSA) is 100 Å². The average Bonchev–Trinajstić information content (AvgIpc) is 3.31. The lowest BCUT2D eigenvalue weighted by Gasteiger charge is -2.11. The number of hydrogen-bond donors (Lipinski definition) is 2. The monoisotopic (exact) mass is 474 g/mol. The number of rotatable bonds is 13. The first kappa shape index (κ1) is 24.7. The Labute approximate surface area is 187 Å². The van der Waals surface area contributed by atoms with E-state index in [0.29, 0.717) is 13.1 Å². The summed E-state index contributed by atoms with van der Waals surface area (Å²) in [6, 6.07) is 7.78. The minimum absolute atomic E-state index is 0.281. The van der Waals surface area contributed by atoms with Crippen LogP contribution in [0.3, 0.4) is 0 Å². The summed E-state index contributed by atoms with van der Waals surface area (Å²) in [4.78, 5) is 6.41. The van der Waals surface area contributed by atoms with E-state index in [1.54, 1.807) is 29.8 Å². The fraction of sp³-hybridized carbons (Fsp3) is 0.526. The lowest BCUT2D eigenvalue weighted by atomic mass is 10.4. The second-order valence-corrected chi connectivity index (χ2v) is 10.8. The smallest absolute Gasteiger partial charge is 0.232 e. The van der Waals surface area contributed by atoms with Crippen LogP contribution in [0.4, 0.5) is 0 Å². The third kappa shape index (κ3) is 11.0. The Morgan fingerprint density at radius 1 is 1.10 bits per heavy atom. The van der Waals surface area contributed by atoms with Crippen molar-refractivity contribution in [2.45, 2.75) is 18.1 Å². The molecule has 0 fully saturated rings. The highest BCUT2D eigenvalue weighted by atomic mass is 32.2. The highest BCUT2D eigenvalue weighted by Gasteiger charge is 2.07. The Hall–Kier alpha value is -1.56. The molecule has 168 valence electrons. The van der Waals surface area contributed by atoms with Crippen molar-refractivity contribution in [3.63, 3.8) is 0 Å². The number of guanidine groups is 1. The molecule has 0 saturated heterocycles. The van der Waals surface area contributed by atoms with Crippen molar-refractivity contribution >= 4 is 39.5 Å². The third-order valence-electron chi connectivity index (χ3n) is 3.58. The van der Waals surface area contributed by atoms with Gasteiger partial charge in [0.2, 0.25) is 16.0 Å². The Balaban J connectivity index is 1.68. The molecule has 0 unspecified atom stereocenters. The SMILES string of the molecule is CN(C)Cc1ccc(CSCCNC(=NCCSCc2ccco2)NS(C)(=O)=O)o1. The molecule has 0 aliphatic rings. The van der Waals surface area contributed by atoms with Crippen molar-refractivity contribution in [3.05, 3.63) is 47.8 Å². The molecular formula is C19H30N4O4S3. The summed E-state index contributed by atoms with van der Waals surface area (Å²) >= 11 is 3.40. The van der Waals surface area contributed by atoms with Gasteiger partial charge in [0.05, 0.1) is 37.1 Å². The molecule has 0 bridgehead atoms. The van der Waals surface area contributed by atoms with Crippen LogP contribution in [0.5, 0.6) is 0 Å². The van der Waals surface area contributed by atoms with E-state index < -0.39 is 10.0 Å². The van der Waals surface area contributed by atoms with E-state index in [1.807, 2.05) is 38.4 Å². The molecule has 8 nitrogen and oxygen atoms in total. The summed E-state index contributed by atoms with van der Waals surface area (Å²) in [6.45, 7) is 1.88. The minimum Gasteiger partial charge on any atom is -0.468 e. The van der Waals surface area contributed by atoms with Crippen LogP contribution in [0.1, 0.15) is 17.3 Å². The molecule has 0 aliphatic heterocycles. The van der Waals surface area contributed by atoms with Gasteiger partial charge in [-0.05, 0) is 38.4 Å². The Bertz CT molecular complexity index is 864. The van der Waals surface area contributed by atoms with E-state index in [0.717, 1.165) is 53.1 Å². The van der Waals surface area contributed by atoms with Crippen molar-refractivity contribution in [1.29, 1.82) is 0 Å². The summed E-state index contributed by atoms with van der Waals surface area (Å²) < 4.78 is 36.6. The maximum Gasteiger partial charge on any atom is 0.232 e. The maximum atomic E-state index is 11.6. The third-order valence-corrected chi connectivity index (χ3v) is 6.09. The fourth-order valence-corrected chi connectivity index (χ4v) is 4.37. The molecule has 11 heteroatoms. The first-order valence-corrected chi connectivity index (χ1v) is 13.7. The van der Waals surface area contributed by atoms with Gasteiger partial charge in [-0.25, -0.2) is 8.42 Å². The molecule has 0 aliphatic carbocycles. The fourth-order valence-electron chi connectivity index (χ4n) is 2.40. The summed E-state index contributed by atoms with van der Waals surface area (Å²) in [5.74, 6) is 6.18. The van der Waals surface area contributed by atoms with E-state index >= 15 is 0 Å². The molecule has 2 aromatic rings. The van der Waals surface area contributed by atoms with Crippen LogP contribution in [0.25, 0.3) is 0 Å². The molecule has 0 amide bonds. The number of hydrogen-bond acceptors (Lipinski definition) is 8. The van der Waals surface area contributed by atoms with Crippen LogP contribution in [0.15, 0.2) is 44.4 Å². The van der Waals surface area contributed by atoms with E-state index in [1.165, 1.54) is 0 Å². The van der Waals surface area contributed by atoms with Crippen molar-refractivity contribution < 1.29 is 17.3 Å². The average molecular weight is 475 g/mol. The van der Waals surface area contributed by atoms with E-state index in [2.05, 4.69) is 19.9 Å². The molecule has 2 heterocycles. The number of sulfonamides is 1. The normalized spacial score (nSPS) is 12.5. The van der Waals surface area contributed by atoms with Gasteiger partial charge in [-0.15, -0.1) is 0 Å². The van der Waals surface area contributed by atoms with Crippen molar-refractivity contribution in [1.82, 2.24) is 14.9 Å². The highest BCUT2D eigenvalue weighted by molar-refractivity contribution is 7.98. The molecular weight excluding hydrogens is 444 g/mol. The van der Waals surface area contributed by atoms with Gasteiger partial charge in [0.15, 0.2) is 0 Å².